The summed E-state index contributed by atoms with van der Waals surface area (Å²) in [6.07, 6.45) is 0. The average Bonchev–Trinajstić information content (AvgIpc) is 2.59. The van der Waals surface area contributed by atoms with Gasteiger partial charge in [-0.1, -0.05) is 6.07 Å². The second-order valence-electron chi connectivity index (χ2n) is 5.39. The van der Waals surface area contributed by atoms with E-state index in [2.05, 4.69) is 16.3 Å². The number of hydrogen-bond acceptors (Lipinski definition) is 4. The second-order valence-corrected chi connectivity index (χ2v) is 5.39. The molecule has 1 heterocycles. The van der Waals surface area contributed by atoms with Crippen LogP contribution >= 0.6 is 0 Å². The Morgan fingerprint density at radius 1 is 1.41 bits per heavy atom. The number of anilines is 1. The SMILES string of the molecule is COc1cccc(N2CCN(C(=O)NCC(C)C#N)CC2)c1. The van der Waals surface area contributed by atoms with E-state index in [4.69, 9.17) is 10.00 Å². The molecule has 0 aromatic heterocycles. The van der Waals surface area contributed by atoms with E-state index in [1.807, 2.05) is 24.3 Å². The summed E-state index contributed by atoms with van der Waals surface area (Å²) in [6, 6.07) is 9.96. The number of carbonyl (C=O) groups is 1. The molecule has 1 N–H and O–H groups in total. The van der Waals surface area contributed by atoms with Gasteiger partial charge in [0, 0.05) is 44.5 Å². The van der Waals surface area contributed by atoms with Gasteiger partial charge in [-0.3, -0.25) is 0 Å². The summed E-state index contributed by atoms with van der Waals surface area (Å²) in [4.78, 5) is 16.1. The van der Waals surface area contributed by atoms with Crippen LogP contribution < -0.4 is 15.0 Å². The molecule has 1 aromatic rings. The predicted molar refractivity (Wildman–Crippen MR) is 85.0 cm³/mol. The van der Waals surface area contributed by atoms with Crippen LogP contribution in [0.2, 0.25) is 0 Å². The Morgan fingerprint density at radius 3 is 2.77 bits per heavy atom. The van der Waals surface area contributed by atoms with Crippen LogP contribution in [0.1, 0.15) is 6.92 Å². The molecule has 1 atom stereocenters. The molecule has 2 amide bonds. The minimum Gasteiger partial charge on any atom is -0.497 e. The smallest absolute Gasteiger partial charge is 0.317 e. The molecule has 1 aliphatic rings. The number of nitrogens with one attached hydrogen (secondary N) is 1. The van der Waals surface area contributed by atoms with Gasteiger partial charge in [0.25, 0.3) is 0 Å². The van der Waals surface area contributed by atoms with E-state index in [0.717, 1.165) is 24.5 Å². The van der Waals surface area contributed by atoms with Gasteiger partial charge < -0.3 is 19.9 Å². The average molecular weight is 302 g/mol. The van der Waals surface area contributed by atoms with E-state index in [1.165, 1.54) is 0 Å². The van der Waals surface area contributed by atoms with Crippen LogP contribution in [0.5, 0.6) is 5.75 Å². The largest absolute Gasteiger partial charge is 0.497 e. The second kappa shape index (κ2) is 7.55. The summed E-state index contributed by atoms with van der Waals surface area (Å²) in [5.74, 6) is 0.671. The highest BCUT2D eigenvalue weighted by atomic mass is 16.5. The molecular weight excluding hydrogens is 280 g/mol. The molecule has 2 rings (SSSR count). The number of piperazine rings is 1. The minimum absolute atomic E-state index is 0.0904. The zero-order valence-electron chi connectivity index (χ0n) is 13.1. The van der Waals surface area contributed by atoms with Crippen molar-refractivity contribution in [1.29, 1.82) is 5.26 Å². The van der Waals surface area contributed by atoms with Crippen molar-refractivity contribution in [2.75, 3.05) is 44.7 Å². The Balaban J connectivity index is 1.85. The fourth-order valence-electron chi connectivity index (χ4n) is 2.37. The van der Waals surface area contributed by atoms with Gasteiger partial charge in [-0.05, 0) is 19.1 Å². The minimum atomic E-state index is -0.165. The van der Waals surface area contributed by atoms with E-state index in [1.54, 1.807) is 18.9 Å². The van der Waals surface area contributed by atoms with Gasteiger partial charge in [0.2, 0.25) is 0 Å². The van der Waals surface area contributed by atoms with Gasteiger partial charge in [0.15, 0.2) is 0 Å². The zero-order valence-corrected chi connectivity index (χ0v) is 13.1. The Kier molecular flexibility index (Phi) is 5.48. The maximum atomic E-state index is 12.0. The Hall–Kier alpha value is -2.42. The number of urea groups is 1. The van der Waals surface area contributed by atoms with Crippen molar-refractivity contribution in [2.45, 2.75) is 6.92 Å². The first kappa shape index (κ1) is 16.0. The van der Waals surface area contributed by atoms with Crippen molar-refractivity contribution in [3.63, 3.8) is 0 Å². The molecule has 22 heavy (non-hydrogen) atoms. The molecule has 1 unspecified atom stereocenters. The lowest BCUT2D eigenvalue weighted by Gasteiger charge is -2.36. The fourth-order valence-corrected chi connectivity index (χ4v) is 2.37. The topological polar surface area (TPSA) is 68.6 Å². The van der Waals surface area contributed by atoms with Gasteiger partial charge in [-0.2, -0.15) is 5.26 Å². The fraction of sp³-hybridized carbons (Fsp3) is 0.500. The number of amides is 2. The third kappa shape index (κ3) is 4.04. The summed E-state index contributed by atoms with van der Waals surface area (Å²) in [7, 11) is 1.66. The predicted octanol–water partition coefficient (Wildman–Crippen LogP) is 1.69. The monoisotopic (exact) mass is 302 g/mol. The highest BCUT2D eigenvalue weighted by molar-refractivity contribution is 5.74. The number of rotatable bonds is 4. The van der Waals surface area contributed by atoms with Gasteiger partial charge in [-0.15, -0.1) is 0 Å². The van der Waals surface area contributed by atoms with Crippen molar-refractivity contribution in [3.8, 4) is 11.8 Å². The molecule has 0 aliphatic carbocycles. The Morgan fingerprint density at radius 2 is 2.14 bits per heavy atom. The summed E-state index contributed by atoms with van der Waals surface area (Å²) < 4.78 is 5.24. The summed E-state index contributed by atoms with van der Waals surface area (Å²) in [5.41, 5.74) is 1.11. The highest BCUT2D eigenvalue weighted by Gasteiger charge is 2.21. The Bertz CT molecular complexity index is 547. The first-order valence-electron chi connectivity index (χ1n) is 7.45. The van der Waals surface area contributed by atoms with Crippen LogP contribution in [-0.4, -0.2) is 50.8 Å². The Labute approximate surface area is 131 Å². The van der Waals surface area contributed by atoms with Crippen LogP contribution in [0.4, 0.5) is 10.5 Å². The number of nitriles is 1. The van der Waals surface area contributed by atoms with Crippen molar-refractivity contribution in [3.05, 3.63) is 24.3 Å². The number of benzene rings is 1. The number of carbonyl (C=O) groups excluding carboxylic acids is 1. The van der Waals surface area contributed by atoms with Crippen molar-refractivity contribution >= 4 is 11.7 Å². The summed E-state index contributed by atoms with van der Waals surface area (Å²) in [6.45, 7) is 5.10. The van der Waals surface area contributed by atoms with Crippen LogP contribution in [0.25, 0.3) is 0 Å². The quantitative estimate of drug-likeness (QED) is 0.919. The van der Waals surface area contributed by atoms with E-state index >= 15 is 0 Å². The van der Waals surface area contributed by atoms with Crippen LogP contribution in [-0.2, 0) is 0 Å². The lowest BCUT2D eigenvalue weighted by molar-refractivity contribution is 0.193. The number of nitrogens with zero attached hydrogens (tertiary/aromatic N) is 3. The van der Waals surface area contributed by atoms with Crippen molar-refractivity contribution in [1.82, 2.24) is 10.2 Å². The molecule has 0 spiro atoms. The first-order valence-corrected chi connectivity index (χ1v) is 7.45. The van der Waals surface area contributed by atoms with E-state index in [0.29, 0.717) is 19.6 Å². The van der Waals surface area contributed by atoms with Gasteiger partial charge in [0.05, 0.1) is 19.1 Å². The number of methoxy groups -OCH3 is 1. The molecular formula is C16H22N4O2. The van der Waals surface area contributed by atoms with Crippen LogP contribution in [0.15, 0.2) is 24.3 Å². The van der Waals surface area contributed by atoms with Crippen LogP contribution in [0.3, 0.4) is 0 Å². The lowest BCUT2D eigenvalue weighted by atomic mass is 10.2. The molecule has 6 heteroatoms. The molecule has 1 saturated heterocycles. The number of ether oxygens (including phenoxy) is 1. The third-order valence-electron chi connectivity index (χ3n) is 3.77. The van der Waals surface area contributed by atoms with E-state index < -0.39 is 0 Å². The molecule has 0 saturated carbocycles. The molecule has 1 aliphatic heterocycles. The summed E-state index contributed by atoms with van der Waals surface area (Å²) in [5, 5.41) is 11.5. The zero-order chi connectivity index (χ0) is 15.9. The maximum Gasteiger partial charge on any atom is 0.317 e. The normalized spacial score (nSPS) is 15.9. The van der Waals surface area contributed by atoms with E-state index in [-0.39, 0.29) is 11.9 Å². The maximum absolute atomic E-state index is 12.0. The molecule has 0 bridgehead atoms. The standard InChI is InChI=1S/C16H22N4O2/c1-13(11-17)12-18-16(21)20-8-6-19(7-9-20)14-4-3-5-15(10-14)22-2/h3-5,10,13H,6-9,12H2,1-2H3,(H,18,21). The van der Waals surface area contributed by atoms with Crippen LogP contribution in [0, 0.1) is 17.2 Å². The lowest BCUT2D eigenvalue weighted by Crippen LogP contribution is -2.52. The van der Waals surface area contributed by atoms with Crippen molar-refractivity contribution < 1.29 is 9.53 Å². The van der Waals surface area contributed by atoms with Crippen molar-refractivity contribution in [2.24, 2.45) is 5.92 Å². The highest BCUT2D eigenvalue weighted by Crippen LogP contribution is 2.22. The molecule has 1 fully saturated rings. The first-order chi connectivity index (χ1) is 10.6. The molecule has 1 aromatic carbocycles. The van der Waals surface area contributed by atoms with Gasteiger partial charge in [0.1, 0.15) is 5.75 Å². The van der Waals surface area contributed by atoms with E-state index in [9.17, 15) is 4.79 Å². The summed E-state index contributed by atoms with van der Waals surface area (Å²) >= 11 is 0. The molecule has 6 nitrogen and oxygen atoms in total. The number of hydrogen-bond donors (Lipinski definition) is 1. The third-order valence-corrected chi connectivity index (χ3v) is 3.77. The molecule has 118 valence electrons. The van der Waals surface area contributed by atoms with Gasteiger partial charge >= 0.3 is 6.03 Å². The van der Waals surface area contributed by atoms with Gasteiger partial charge in [-0.25, -0.2) is 4.79 Å². The molecule has 0 radical (unpaired) electrons.